The van der Waals surface area contributed by atoms with Crippen molar-refractivity contribution in [2.24, 2.45) is 0 Å². The molecule has 0 unspecified atom stereocenters. The number of benzene rings is 2. The highest BCUT2D eigenvalue weighted by molar-refractivity contribution is 6.31. The number of halogens is 1. The molecular formula is C24H27ClO8. The van der Waals surface area contributed by atoms with Gasteiger partial charge in [-0.25, -0.2) is 0 Å². The summed E-state index contributed by atoms with van der Waals surface area (Å²) in [5.41, 5.74) is 2.24. The summed E-state index contributed by atoms with van der Waals surface area (Å²) in [6, 6.07) is 12.8. The van der Waals surface area contributed by atoms with Gasteiger partial charge in [0.15, 0.2) is 6.10 Å². The van der Waals surface area contributed by atoms with Gasteiger partial charge in [0.25, 0.3) is 0 Å². The highest BCUT2D eigenvalue weighted by atomic mass is 35.5. The first-order chi connectivity index (χ1) is 15.7. The Balaban J connectivity index is 1.66. The van der Waals surface area contributed by atoms with Gasteiger partial charge in [-0.1, -0.05) is 29.8 Å². The van der Waals surface area contributed by atoms with Crippen molar-refractivity contribution in [2.75, 3.05) is 20.3 Å². The minimum absolute atomic E-state index is 0.160. The van der Waals surface area contributed by atoms with E-state index in [0.29, 0.717) is 23.6 Å². The average Bonchev–Trinajstić information content (AvgIpc) is 3.18. The molecule has 2 heterocycles. The Hall–Kier alpha value is -2.20. The van der Waals surface area contributed by atoms with Crippen LogP contribution in [-0.2, 0) is 35.9 Å². The molecule has 0 saturated carbocycles. The van der Waals surface area contributed by atoms with Crippen LogP contribution in [0, 0.1) is 0 Å². The molecule has 0 aromatic heterocycles. The predicted octanol–water partition coefficient (Wildman–Crippen LogP) is 2.54. The van der Waals surface area contributed by atoms with Crippen molar-refractivity contribution in [1.82, 2.24) is 0 Å². The van der Waals surface area contributed by atoms with Crippen molar-refractivity contribution in [2.45, 2.75) is 50.2 Å². The molecule has 2 N–H and O–H groups in total. The summed E-state index contributed by atoms with van der Waals surface area (Å²) < 4.78 is 28.2. The number of carbonyl (C=O) groups excluding carboxylic acids is 1. The van der Waals surface area contributed by atoms with Crippen LogP contribution in [0.4, 0.5) is 0 Å². The fourth-order valence-corrected chi connectivity index (χ4v) is 4.53. The molecule has 2 aromatic rings. The molecule has 5 atom stereocenters. The molecule has 2 aliphatic rings. The number of fused-ring (bicyclic) bond motifs is 2. The Kier molecular flexibility index (Phi) is 6.68. The number of aliphatic hydroxyl groups excluding tert-OH is 2. The van der Waals surface area contributed by atoms with Gasteiger partial charge in [-0.2, -0.15) is 0 Å². The zero-order valence-corrected chi connectivity index (χ0v) is 19.4. The largest absolute Gasteiger partial charge is 0.494 e. The second-order valence-corrected chi connectivity index (χ2v) is 8.51. The minimum Gasteiger partial charge on any atom is -0.494 e. The van der Waals surface area contributed by atoms with Crippen molar-refractivity contribution in [3.8, 4) is 5.75 Å². The summed E-state index contributed by atoms with van der Waals surface area (Å²) in [6.07, 6.45) is -3.80. The second kappa shape index (κ2) is 9.21. The monoisotopic (exact) mass is 478 g/mol. The maximum Gasteiger partial charge on any atom is 0.303 e. The summed E-state index contributed by atoms with van der Waals surface area (Å²) in [5, 5.41) is 22.3. The van der Waals surface area contributed by atoms with Gasteiger partial charge < -0.3 is 33.9 Å². The van der Waals surface area contributed by atoms with Gasteiger partial charge in [0.2, 0.25) is 11.6 Å². The third kappa shape index (κ3) is 4.23. The van der Waals surface area contributed by atoms with Crippen molar-refractivity contribution in [3.63, 3.8) is 0 Å². The summed E-state index contributed by atoms with van der Waals surface area (Å²) in [5.74, 6) is -3.15. The number of rotatable bonds is 7. The Morgan fingerprint density at radius 1 is 1.21 bits per heavy atom. The van der Waals surface area contributed by atoms with Gasteiger partial charge in [0.05, 0.1) is 6.61 Å². The zero-order chi connectivity index (χ0) is 23.8. The van der Waals surface area contributed by atoms with E-state index in [1.54, 1.807) is 18.2 Å². The molecule has 0 spiro atoms. The van der Waals surface area contributed by atoms with Crippen LogP contribution in [0.15, 0.2) is 42.5 Å². The molecule has 8 nitrogen and oxygen atoms in total. The number of methoxy groups -OCH3 is 1. The molecule has 33 heavy (non-hydrogen) atoms. The molecule has 2 bridgehead atoms. The highest BCUT2D eigenvalue weighted by Crippen LogP contribution is 2.51. The molecule has 0 aliphatic carbocycles. The van der Waals surface area contributed by atoms with Crippen LogP contribution < -0.4 is 4.74 Å². The third-order valence-corrected chi connectivity index (χ3v) is 6.35. The van der Waals surface area contributed by atoms with Gasteiger partial charge in [-0.05, 0) is 48.7 Å². The third-order valence-electron chi connectivity index (χ3n) is 5.98. The lowest BCUT2D eigenvalue weighted by Gasteiger charge is -2.46. The van der Waals surface area contributed by atoms with Gasteiger partial charge >= 0.3 is 5.97 Å². The Bertz CT molecular complexity index is 1010. The Labute approximate surface area is 196 Å². The molecule has 2 fully saturated rings. The van der Waals surface area contributed by atoms with E-state index in [-0.39, 0.29) is 6.61 Å². The van der Waals surface area contributed by atoms with Gasteiger partial charge in [-0.3, -0.25) is 4.79 Å². The lowest BCUT2D eigenvalue weighted by atomic mass is 9.87. The maximum absolute atomic E-state index is 11.6. The number of carbonyl (C=O) groups is 1. The molecule has 4 rings (SSSR count). The fourth-order valence-electron chi connectivity index (χ4n) is 4.35. The number of aliphatic hydroxyl groups is 2. The standard InChI is InChI=1S/C24H27ClO8/c1-4-30-18-8-5-15(6-9-18)11-16-12-17(7-10-19(16)25)24-21(28)20(27)22(32-14(2)26)23(29-3,33-24)13-31-24/h5-10,12,20-22,27-28H,4,11,13H2,1-3H3/t20-,21-,22+,23+,24+/m1/s1. The van der Waals surface area contributed by atoms with Crippen molar-refractivity contribution >= 4 is 17.6 Å². The summed E-state index contributed by atoms with van der Waals surface area (Å²) in [7, 11) is 1.36. The minimum atomic E-state index is -1.72. The Morgan fingerprint density at radius 3 is 2.58 bits per heavy atom. The molecule has 0 amide bonds. The van der Waals surface area contributed by atoms with E-state index in [2.05, 4.69) is 0 Å². The maximum atomic E-state index is 11.6. The van der Waals surface area contributed by atoms with Crippen LogP contribution in [0.5, 0.6) is 5.75 Å². The zero-order valence-electron chi connectivity index (χ0n) is 18.6. The predicted molar refractivity (Wildman–Crippen MR) is 118 cm³/mol. The van der Waals surface area contributed by atoms with Gasteiger partial charge in [0, 0.05) is 24.6 Å². The van der Waals surface area contributed by atoms with Crippen LogP contribution in [0.1, 0.15) is 30.5 Å². The second-order valence-electron chi connectivity index (χ2n) is 8.10. The van der Waals surface area contributed by atoms with E-state index in [1.807, 2.05) is 31.2 Å². The van der Waals surface area contributed by atoms with Crippen molar-refractivity contribution in [3.05, 3.63) is 64.2 Å². The number of hydrogen-bond donors (Lipinski definition) is 2. The molecule has 178 valence electrons. The first-order valence-corrected chi connectivity index (χ1v) is 11.1. The van der Waals surface area contributed by atoms with Gasteiger partial charge in [-0.15, -0.1) is 0 Å². The van der Waals surface area contributed by atoms with Crippen LogP contribution in [0.25, 0.3) is 0 Å². The Morgan fingerprint density at radius 2 is 1.94 bits per heavy atom. The topological polar surface area (TPSA) is 104 Å². The van der Waals surface area contributed by atoms with Crippen LogP contribution >= 0.6 is 11.6 Å². The first kappa shape index (κ1) is 23.9. The van der Waals surface area contributed by atoms with E-state index >= 15 is 0 Å². The fraction of sp³-hybridized carbons (Fsp3) is 0.458. The van der Waals surface area contributed by atoms with Crippen molar-refractivity contribution in [1.29, 1.82) is 0 Å². The lowest BCUT2D eigenvalue weighted by molar-refractivity contribution is -0.375. The van der Waals surface area contributed by atoms with E-state index in [9.17, 15) is 15.0 Å². The van der Waals surface area contributed by atoms with Crippen LogP contribution in [-0.4, -0.2) is 60.6 Å². The molecule has 2 aliphatic heterocycles. The highest BCUT2D eigenvalue weighted by Gasteiger charge is 2.69. The first-order valence-electron chi connectivity index (χ1n) is 10.7. The molecule has 0 radical (unpaired) electrons. The molecular weight excluding hydrogens is 452 g/mol. The average molecular weight is 479 g/mol. The van der Waals surface area contributed by atoms with E-state index < -0.39 is 35.9 Å². The lowest BCUT2D eigenvalue weighted by Crippen LogP contribution is -2.66. The molecule has 2 aromatic carbocycles. The normalized spacial score (nSPS) is 30.8. The van der Waals surface area contributed by atoms with Gasteiger partial charge in [0.1, 0.15) is 24.6 Å². The molecule has 9 heteroatoms. The quantitative estimate of drug-likeness (QED) is 0.585. The number of esters is 1. The summed E-state index contributed by atoms with van der Waals surface area (Å²) >= 11 is 6.46. The number of hydrogen-bond acceptors (Lipinski definition) is 8. The number of ether oxygens (including phenoxy) is 5. The summed E-state index contributed by atoms with van der Waals surface area (Å²) in [4.78, 5) is 11.6. The van der Waals surface area contributed by atoms with Crippen LogP contribution in [0.2, 0.25) is 5.02 Å². The van der Waals surface area contributed by atoms with E-state index in [4.69, 9.17) is 35.3 Å². The summed E-state index contributed by atoms with van der Waals surface area (Å²) in [6.45, 7) is 3.55. The molecule has 2 saturated heterocycles. The smallest absolute Gasteiger partial charge is 0.303 e. The van der Waals surface area contributed by atoms with E-state index in [0.717, 1.165) is 16.9 Å². The van der Waals surface area contributed by atoms with E-state index in [1.165, 1.54) is 14.0 Å². The van der Waals surface area contributed by atoms with Crippen LogP contribution in [0.3, 0.4) is 0 Å². The SMILES string of the molecule is CCOc1ccc(Cc2cc([C@]34OC[C@](OC)(O3)[C@@H](OC(C)=O)[C@H](O)[C@H]4O)ccc2Cl)cc1. The van der Waals surface area contributed by atoms with Crippen molar-refractivity contribution < 1.29 is 38.7 Å².